The minimum atomic E-state index is 0.164. The van der Waals surface area contributed by atoms with Crippen molar-refractivity contribution in [2.24, 2.45) is 0 Å². The third kappa shape index (κ3) is 3.33. The second-order valence-corrected chi connectivity index (χ2v) is 4.74. The van der Waals surface area contributed by atoms with Gasteiger partial charge in [0, 0.05) is 6.54 Å². The van der Waals surface area contributed by atoms with Gasteiger partial charge in [-0.05, 0) is 43.7 Å². The van der Waals surface area contributed by atoms with E-state index < -0.39 is 0 Å². The van der Waals surface area contributed by atoms with Crippen molar-refractivity contribution in [3.8, 4) is 11.5 Å². The number of aryl methyl sites for hydroxylation is 1. The van der Waals surface area contributed by atoms with Crippen LogP contribution in [-0.4, -0.2) is 14.2 Å². The number of hydrogen-bond donors (Lipinski definition) is 1. The highest BCUT2D eigenvalue weighted by atomic mass is 16.5. The molecule has 1 aromatic heterocycles. The van der Waals surface area contributed by atoms with E-state index in [9.17, 15) is 0 Å². The molecule has 4 heteroatoms. The zero-order valence-electron chi connectivity index (χ0n) is 12.4. The van der Waals surface area contributed by atoms with E-state index in [0.717, 1.165) is 35.1 Å². The molecule has 1 unspecified atom stereocenters. The Hall–Kier alpha value is -1.94. The molecule has 0 saturated heterocycles. The minimum Gasteiger partial charge on any atom is -0.493 e. The first-order chi connectivity index (χ1) is 9.63. The third-order valence-electron chi connectivity index (χ3n) is 3.25. The van der Waals surface area contributed by atoms with Crippen molar-refractivity contribution in [1.29, 1.82) is 0 Å². The predicted octanol–water partition coefficient (Wildman–Crippen LogP) is 3.46. The van der Waals surface area contributed by atoms with E-state index in [1.807, 2.05) is 37.3 Å². The molecule has 0 fully saturated rings. The van der Waals surface area contributed by atoms with Crippen molar-refractivity contribution < 1.29 is 13.9 Å². The number of furan rings is 1. The predicted molar refractivity (Wildman–Crippen MR) is 78.2 cm³/mol. The molecule has 0 spiro atoms. The van der Waals surface area contributed by atoms with Crippen molar-refractivity contribution >= 4 is 0 Å². The summed E-state index contributed by atoms with van der Waals surface area (Å²) in [5.74, 6) is 3.36. The fourth-order valence-corrected chi connectivity index (χ4v) is 2.05. The quantitative estimate of drug-likeness (QED) is 0.877. The van der Waals surface area contributed by atoms with Gasteiger partial charge in [-0.1, -0.05) is 6.07 Å². The van der Waals surface area contributed by atoms with Crippen LogP contribution in [0.25, 0.3) is 0 Å². The molecule has 0 aliphatic rings. The van der Waals surface area contributed by atoms with E-state index in [4.69, 9.17) is 13.9 Å². The molecule has 2 aromatic rings. The van der Waals surface area contributed by atoms with Crippen LogP contribution in [0.3, 0.4) is 0 Å². The highest BCUT2D eigenvalue weighted by Gasteiger charge is 2.10. The maximum Gasteiger partial charge on any atom is 0.161 e. The van der Waals surface area contributed by atoms with Crippen molar-refractivity contribution in [3.05, 3.63) is 47.4 Å². The summed E-state index contributed by atoms with van der Waals surface area (Å²) in [4.78, 5) is 0. The number of methoxy groups -OCH3 is 2. The summed E-state index contributed by atoms with van der Waals surface area (Å²) in [6.45, 7) is 4.77. The van der Waals surface area contributed by atoms with Crippen LogP contribution in [0.5, 0.6) is 11.5 Å². The number of ether oxygens (including phenoxy) is 2. The van der Waals surface area contributed by atoms with E-state index in [-0.39, 0.29) is 6.04 Å². The molecule has 1 heterocycles. The zero-order valence-corrected chi connectivity index (χ0v) is 12.4. The number of hydrogen-bond acceptors (Lipinski definition) is 4. The fourth-order valence-electron chi connectivity index (χ4n) is 2.05. The molecule has 0 aliphatic heterocycles. The molecule has 1 atom stereocenters. The summed E-state index contributed by atoms with van der Waals surface area (Å²) in [5, 5.41) is 3.43. The van der Waals surface area contributed by atoms with Crippen LogP contribution in [0.2, 0.25) is 0 Å². The van der Waals surface area contributed by atoms with Gasteiger partial charge in [0.2, 0.25) is 0 Å². The molecule has 0 aliphatic carbocycles. The molecule has 0 bridgehead atoms. The monoisotopic (exact) mass is 275 g/mol. The molecule has 20 heavy (non-hydrogen) atoms. The Bertz CT molecular complexity index is 563. The molecule has 0 saturated carbocycles. The third-order valence-corrected chi connectivity index (χ3v) is 3.25. The zero-order chi connectivity index (χ0) is 14.5. The van der Waals surface area contributed by atoms with E-state index >= 15 is 0 Å². The van der Waals surface area contributed by atoms with E-state index in [0.29, 0.717) is 0 Å². The molecule has 4 nitrogen and oxygen atoms in total. The Balaban J connectivity index is 2.00. The lowest BCUT2D eigenvalue weighted by Crippen LogP contribution is -2.17. The summed E-state index contributed by atoms with van der Waals surface area (Å²) in [7, 11) is 3.28. The SMILES string of the molecule is COc1ccc(CNC(C)c2ccc(C)o2)cc1OC. The first-order valence-corrected chi connectivity index (χ1v) is 6.64. The Morgan fingerprint density at radius 1 is 1.10 bits per heavy atom. The summed E-state index contributed by atoms with van der Waals surface area (Å²) in [6, 6.07) is 10.1. The normalized spacial score (nSPS) is 12.2. The first kappa shape index (κ1) is 14.5. The van der Waals surface area contributed by atoms with Crippen LogP contribution in [0.15, 0.2) is 34.7 Å². The van der Waals surface area contributed by atoms with Crippen LogP contribution < -0.4 is 14.8 Å². The Labute approximate surface area is 119 Å². The van der Waals surface area contributed by atoms with Crippen molar-refractivity contribution in [1.82, 2.24) is 5.32 Å². The smallest absolute Gasteiger partial charge is 0.161 e. The van der Waals surface area contributed by atoms with Gasteiger partial charge in [0.05, 0.1) is 20.3 Å². The van der Waals surface area contributed by atoms with Gasteiger partial charge < -0.3 is 19.2 Å². The van der Waals surface area contributed by atoms with Crippen LogP contribution in [0.4, 0.5) is 0 Å². The Morgan fingerprint density at radius 2 is 1.85 bits per heavy atom. The van der Waals surface area contributed by atoms with Gasteiger partial charge in [0.1, 0.15) is 11.5 Å². The highest BCUT2D eigenvalue weighted by Crippen LogP contribution is 2.27. The summed E-state index contributed by atoms with van der Waals surface area (Å²) in [5.41, 5.74) is 1.14. The van der Waals surface area contributed by atoms with Gasteiger partial charge in [-0.3, -0.25) is 0 Å². The van der Waals surface area contributed by atoms with E-state index in [1.165, 1.54) is 0 Å². The lowest BCUT2D eigenvalue weighted by molar-refractivity contribution is 0.354. The molecular formula is C16H21NO3. The molecule has 1 N–H and O–H groups in total. The van der Waals surface area contributed by atoms with Crippen molar-refractivity contribution in [2.45, 2.75) is 26.4 Å². The van der Waals surface area contributed by atoms with Crippen molar-refractivity contribution in [2.75, 3.05) is 14.2 Å². The van der Waals surface area contributed by atoms with Crippen LogP contribution in [-0.2, 0) is 6.54 Å². The molecule has 0 amide bonds. The first-order valence-electron chi connectivity index (χ1n) is 6.64. The van der Waals surface area contributed by atoms with Gasteiger partial charge in [-0.25, -0.2) is 0 Å². The van der Waals surface area contributed by atoms with Gasteiger partial charge in [0.25, 0.3) is 0 Å². The minimum absolute atomic E-state index is 0.164. The molecular weight excluding hydrogens is 254 g/mol. The second kappa shape index (κ2) is 6.48. The van der Waals surface area contributed by atoms with Crippen LogP contribution in [0.1, 0.15) is 30.0 Å². The lowest BCUT2D eigenvalue weighted by Gasteiger charge is -2.13. The second-order valence-electron chi connectivity index (χ2n) is 4.74. The van der Waals surface area contributed by atoms with Gasteiger partial charge >= 0.3 is 0 Å². The number of rotatable bonds is 6. The molecule has 108 valence electrons. The fraction of sp³-hybridized carbons (Fsp3) is 0.375. The van der Waals surface area contributed by atoms with Gasteiger partial charge in [0.15, 0.2) is 11.5 Å². The number of benzene rings is 1. The van der Waals surface area contributed by atoms with Crippen molar-refractivity contribution in [3.63, 3.8) is 0 Å². The maximum absolute atomic E-state index is 5.61. The molecule has 1 aromatic carbocycles. The number of nitrogens with one attached hydrogen (secondary N) is 1. The Kier molecular flexibility index (Phi) is 4.69. The van der Waals surface area contributed by atoms with Gasteiger partial charge in [-0.2, -0.15) is 0 Å². The van der Waals surface area contributed by atoms with Crippen LogP contribution in [0, 0.1) is 6.92 Å². The van der Waals surface area contributed by atoms with Gasteiger partial charge in [-0.15, -0.1) is 0 Å². The average molecular weight is 275 g/mol. The van der Waals surface area contributed by atoms with E-state index in [2.05, 4.69) is 12.2 Å². The topological polar surface area (TPSA) is 43.6 Å². The molecule has 2 rings (SSSR count). The summed E-state index contributed by atoms with van der Waals surface area (Å²) >= 11 is 0. The Morgan fingerprint density at radius 3 is 2.45 bits per heavy atom. The lowest BCUT2D eigenvalue weighted by atomic mass is 10.1. The maximum atomic E-state index is 5.61. The largest absolute Gasteiger partial charge is 0.493 e. The summed E-state index contributed by atoms with van der Waals surface area (Å²) < 4.78 is 16.1. The van der Waals surface area contributed by atoms with Crippen LogP contribution >= 0.6 is 0 Å². The highest BCUT2D eigenvalue weighted by molar-refractivity contribution is 5.42. The standard InChI is InChI=1S/C16H21NO3/c1-11-5-7-14(20-11)12(2)17-10-13-6-8-15(18-3)16(9-13)19-4/h5-9,12,17H,10H2,1-4H3. The van der Waals surface area contributed by atoms with E-state index in [1.54, 1.807) is 14.2 Å². The summed E-state index contributed by atoms with van der Waals surface area (Å²) in [6.07, 6.45) is 0. The molecule has 0 radical (unpaired) electrons. The average Bonchev–Trinajstić information content (AvgIpc) is 2.91.